The highest BCUT2D eigenvalue weighted by atomic mass is 32.2. The van der Waals surface area contributed by atoms with Gasteiger partial charge in [-0.3, -0.25) is 4.79 Å². The molecule has 27 heavy (non-hydrogen) atoms. The molecule has 1 aliphatic heterocycles. The van der Waals surface area contributed by atoms with Gasteiger partial charge < -0.3 is 4.90 Å². The van der Waals surface area contributed by atoms with Gasteiger partial charge in [0.25, 0.3) is 0 Å². The van der Waals surface area contributed by atoms with Gasteiger partial charge in [-0.15, -0.1) is 11.3 Å². The standard InChI is InChI=1S/C19H25N3O3S2/c1-14-5-6-17(12-15(14)2)27(24,25)21-8-7-18(23)22-10-3-4-16(13-22)19-20-9-11-26-19/h5-6,9,11-12,16,21H,3-4,7-8,10,13H2,1-2H3. The van der Waals surface area contributed by atoms with Crippen molar-refractivity contribution in [3.63, 3.8) is 0 Å². The summed E-state index contributed by atoms with van der Waals surface area (Å²) in [7, 11) is -3.60. The highest BCUT2D eigenvalue weighted by molar-refractivity contribution is 7.89. The Bertz CT molecular complexity index is 895. The Morgan fingerprint density at radius 3 is 2.85 bits per heavy atom. The smallest absolute Gasteiger partial charge is 0.240 e. The van der Waals surface area contributed by atoms with E-state index in [9.17, 15) is 13.2 Å². The molecule has 1 unspecified atom stereocenters. The SMILES string of the molecule is Cc1ccc(S(=O)(=O)NCCC(=O)N2CCCC(c3nccs3)C2)cc1C. The van der Waals surface area contributed by atoms with E-state index in [4.69, 9.17) is 0 Å². The molecule has 146 valence electrons. The highest BCUT2D eigenvalue weighted by Gasteiger charge is 2.26. The van der Waals surface area contributed by atoms with Crippen LogP contribution >= 0.6 is 11.3 Å². The summed E-state index contributed by atoms with van der Waals surface area (Å²) in [5.74, 6) is 0.272. The lowest BCUT2D eigenvalue weighted by Gasteiger charge is -2.32. The molecule has 1 fully saturated rings. The molecule has 2 aromatic rings. The molecule has 0 bridgehead atoms. The number of hydrogen-bond acceptors (Lipinski definition) is 5. The van der Waals surface area contributed by atoms with Gasteiger partial charge in [0.05, 0.1) is 9.90 Å². The second-order valence-corrected chi connectivity index (χ2v) is 9.64. The van der Waals surface area contributed by atoms with Crippen LogP contribution in [0.1, 0.15) is 41.3 Å². The monoisotopic (exact) mass is 407 g/mol. The molecule has 1 aliphatic rings. The number of carbonyl (C=O) groups excluding carboxylic acids is 1. The fraction of sp³-hybridized carbons (Fsp3) is 0.474. The maximum absolute atomic E-state index is 12.5. The van der Waals surface area contributed by atoms with Gasteiger partial charge in [-0.1, -0.05) is 6.07 Å². The van der Waals surface area contributed by atoms with Crippen molar-refractivity contribution >= 4 is 27.3 Å². The zero-order valence-electron chi connectivity index (χ0n) is 15.6. The van der Waals surface area contributed by atoms with E-state index in [0.29, 0.717) is 6.54 Å². The van der Waals surface area contributed by atoms with Crippen LogP contribution in [-0.2, 0) is 14.8 Å². The highest BCUT2D eigenvalue weighted by Crippen LogP contribution is 2.28. The van der Waals surface area contributed by atoms with Crippen LogP contribution in [0.4, 0.5) is 0 Å². The summed E-state index contributed by atoms with van der Waals surface area (Å²) in [6.45, 7) is 5.32. The van der Waals surface area contributed by atoms with Gasteiger partial charge in [0.15, 0.2) is 0 Å². The lowest BCUT2D eigenvalue weighted by Crippen LogP contribution is -2.40. The van der Waals surface area contributed by atoms with Crippen molar-refractivity contribution in [3.8, 4) is 0 Å². The largest absolute Gasteiger partial charge is 0.342 e. The van der Waals surface area contributed by atoms with Crippen molar-refractivity contribution in [1.29, 1.82) is 0 Å². The van der Waals surface area contributed by atoms with Crippen molar-refractivity contribution in [3.05, 3.63) is 45.9 Å². The first-order valence-electron chi connectivity index (χ1n) is 9.11. The van der Waals surface area contributed by atoms with E-state index in [1.54, 1.807) is 35.7 Å². The van der Waals surface area contributed by atoms with Gasteiger partial charge in [-0.25, -0.2) is 18.1 Å². The Morgan fingerprint density at radius 2 is 2.15 bits per heavy atom. The third kappa shape index (κ3) is 4.94. The van der Waals surface area contributed by atoms with Crippen LogP contribution in [0.25, 0.3) is 0 Å². The summed E-state index contributed by atoms with van der Waals surface area (Å²) in [4.78, 5) is 18.9. The first-order valence-corrected chi connectivity index (χ1v) is 11.5. The molecular formula is C19H25N3O3S2. The van der Waals surface area contributed by atoms with Crippen molar-refractivity contribution in [2.24, 2.45) is 0 Å². The van der Waals surface area contributed by atoms with Gasteiger partial charge in [-0.05, 0) is 49.9 Å². The minimum atomic E-state index is -3.60. The quantitative estimate of drug-likeness (QED) is 0.799. The van der Waals surface area contributed by atoms with E-state index in [1.165, 1.54) is 0 Å². The van der Waals surface area contributed by atoms with Crippen LogP contribution in [0.5, 0.6) is 0 Å². The summed E-state index contributed by atoms with van der Waals surface area (Å²) < 4.78 is 27.4. The summed E-state index contributed by atoms with van der Waals surface area (Å²) in [6, 6.07) is 5.04. The number of hydrogen-bond donors (Lipinski definition) is 1. The third-order valence-corrected chi connectivity index (χ3v) is 7.39. The maximum atomic E-state index is 12.5. The molecule has 3 rings (SSSR count). The zero-order valence-corrected chi connectivity index (χ0v) is 17.3. The molecule has 1 atom stereocenters. The van der Waals surface area contributed by atoms with Crippen LogP contribution in [0.3, 0.4) is 0 Å². The number of nitrogens with one attached hydrogen (secondary N) is 1. The van der Waals surface area contributed by atoms with Crippen LogP contribution < -0.4 is 4.72 Å². The number of aromatic nitrogens is 1. The second kappa shape index (κ2) is 8.50. The first-order chi connectivity index (χ1) is 12.9. The van der Waals surface area contributed by atoms with Gasteiger partial charge in [0.2, 0.25) is 15.9 Å². The maximum Gasteiger partial charge on any atom is 0.240 e. The van der Waals surface area contributed by atoms with Gasteiger partial charge in [-0.2, -0.15) is 0 Å². The van der Waals surface area contributed by atoms with Gasteiger partial charge >= 0.3 is 0 Å². The summed E-state index contributed by atoms with van der Waals surface area (Å²) in [5.41, 5.74) is 1.97. The average Bonchev–Trinajstić information content (AvgIpc) is 3.18. The lowest BCUT2D eigenvalue weighted by molar-refractivity contribution is -0.132. The number of benzene rings is 1. The van der Waals surface area contributed by atoms with Crippen molar-refractivity contribution in [2.75, 3.05) is 19.6 Å². The molecule has 8 heteroatoms. The van der Waals surface area contributed by atoms with Crippen molar-refractivity contribution in [1.82, 2.24) is 14.6 Å². The average molecular weight is 408 g/mol. The normalized spacial score (nSPS) is 17.9. The van der Waals surface area contributed by atoms with E-state index in [2.05, 4.69) is 9.71 Å². The van der Waals surface area contributed by atoms with Crippen molar-refractivity contribution < 1.29 is 13.2 Å². The number of thiazole rings is 1. The predicted molar refractivity (Wildman–Crippen MR) is 106 cm³/mol. The number of carbonyl (C=O) groups is 1. The van der Waals surface area contributed by atoms with E-state index >= 15 is 0 Å². The molecule has 0 saturated carbocycles. The first kappa shape index (κ1) is 20.0. The number of sulfonamides is 1. The summed E-state index contributed by atoms with van der Waals surface area (Å²) in [5, 5.41) is 3.03. The molecule has 1 aromatic heterocycles. The molecule has 2 heterocycles. The molecule has 0 spiro atoms. The van der Waals surface area contributed by atoms with Crippen molar-refractivity contribution in [2.45, 2.75) is 43.9 Å². The fourth-order valence-electron chi connectivity index (χ4n) is 3.26. The lowest BCUT2D eigenvalue weighted by atomic mass is 9.98. The number of amides is 1. The molecular weight excluding hydrogens is 382 g/mol. The van der Waals surface area contributed by atoms with Crippen LogP contribution in [-0.4, -0.2) is 43.8 Å². The Kier molecular flexibility index (Phi) is 6.29. The molecule has 6 nitrogen and oxygen atoms in total. The van der Waals surface area contributed by atoms with Crippen LogP contribution in [0.15, 0.2) is 34.7 Å². The molecule has 0 aliphatic carbocycles. The Labute approximate surface area is 164 Å². The van der Waals surface area contributed by atoms with Crippen LogP contribution in [0, 0.1) is 13.8 Å². The second-order valence-electron chi connectivity index (χ2n) is 6.94. The number of aryl methyl sites for hydroxylation is 2. The molecule has 1 amide bonds. The Balaban J connectivity index is 1.53. The number of piperidine rings is 1. The fourth-order valence-corrected chi connectivity index (χ4v) is 5.14. The van der Waals surface area contributed by atoms with E-state index in [0.717, 1.165) is 35.5 Å². The predicted octanol–water partition coefficient (Wildman–Crippen LogP) is 2.83. The number of nitrogens with zero attached hydrogens (tertiary/aromatic N) is 2. The minimum Gasteiger partial charge on any atom is -0.342 e. The summed E-state index contributed by atoms with van der Waals surface area (Å²) >= 11 is 1.62. The zero-order chi connectivity index (χ0) is 19.4. The summed E-state index contributed by atoms with van der Waals surface area (Å²) in [6.07, 6.45) is 3.94. The number of likely N-dealkylation sites (tertiary alicyclic amines) is 1. The third-order valence-electron chi connectivity index (χ3n) is 4.99. The molecule has 1 saturated heterocycles. The number of rotatable bonds is 6. The van der Waals surface area contributed by atoms with E-state index in [-0.39, 0.29) is 29.7 Å². The van der Waals surface area contributed by atoms with Gasteiger partial charge in [0.1, 0.15) is 0 Å². The van der Waals surface area contributed by atoms with Gasteiger partial charge in [0, 0.05) is 43.5 Å². The topological polar surface area (TPSA) is 79.4 Å². The Morgan fingerprint density at radius 1 is 1.33 bits per heavy atom. The Hall–Kier alpha value is -1.77. The van der Waals surface area contributed by atoms with Crippen LogP contribution in [0.2, 0.25) is 0 Å². The minimum absolute atomic E-state index is 0.0148. The van der Waals surface area contributed by atoms with E-state index in [1.807, 2.05) is 24.1 Å². The molecule has 1 N–H and O–H groups in total. The molecule has 1 aromatic carbocycles. The molecule has 0 radical (unpaired) electrons. The van der Waals surface area contributed by atoms with E-state index < -0.39 is 10.0 Å².